The van der Waals surface area contributed by atoms with Crippen LogP contribution in [-0.2, 0) is 16.9 Å². The van der Waals surface area contributed by atoms with Crippen LogP contribution in [-0.4, -0.2) is 40.3 Å². The molecule has 4 rings (SSSR count). The standard InChI is InChI=1S/C20H21N5O3S2/c1-10(2)15-9-13(17-11(3)24-25(4)18(17)21-15)19(26)23-20-22-14-7-6-12(30(5,27)28)8-16(14)29-20/h6-10H,1-5H3,(H,22,23,26). The van der Waals surface area contributed by atoms with Crippen LogP contribution in [0.1, 0.15) is 41.5 Å². The summed E-state index contributed by atoms with van der Waals surface area (Å²) in [4.78, 5) is 22.5. The second-order valence-electron chi connectivity index (χ2n) is 7.53. The Labute approximate surface area is 177 Å². The fourth-order valence-electron chi connectivity index (χ4n) is 3.29. The molecule has 0 radical (unpaired) electrons. The van der Waals surface area contributed by atoms with E-state index in [1.54, 1.807) is 29.9 Å². The number of hydrogen-bond donors (Lipinski definition) is 1. The lowest BCUT2D eigenvalue weighted by molar-refractivity contribution is 0.102. The number of aromatic nitrogens is 4. The summed E-state index contributed by atoms with van der Waals surface area (Å²) < 4.78 is 26.0. The van der Waals surface area contributed by atoms with Gasteiger partial charge < -0.3 is 0 Å². The number of carbonyl (C=O) groups excluding carboxylic acids is 1. The molecular weight excluding hydrogens is 422 g/mol. The molecule has 10 heteroatoms. The minimum absolute atomic E-state index is 0.146. The Kier molecular flexibility index (Phi) is 4.86. The molecule has 3 heterocycles. The van der Waals surface area contributed by atoms with Crippen LogP contribution >= 0.6 is 11.3 Å². The Hall–Kier alpha value is -2.85. The Morgan fingerprint density at radius 3 is 2.60 bits per heavy atom. The summed E-state index contributed by atoms with van der Waals surface area (Å²) in [6.07, 6.45) is 1.16. The van der Waals surface area contributed by atoms with Crippen molar-refractivity contribution in [3.63, 3.8) is 0 Å². The second-order valence-corrected chi connectivity index (χ2v) is 10.6. The van der Waals surface area contributed by atoms with Crippen LogP contribution < -0.4 is 5.32 Å². The SMILES string of the molecule is Cc1nn(C)c2nc(C(C)C)cc(C(=O)Nc3nc4ccc(S(C)(=O)=O)cc4s3)c12. The summed E-state index contributed by atoms with van der Waals surface area (Å²) in [6, 6.07) is 6.53. The number of thiazole rings is 1. The summed E-state index contributed by atoms with van der Waals surface area (Å²) in [5, 5.41) is 8.38. The number of carbonyl (C=O) groups is 1. The van der Waals surface area contributed by atoms with Gasteiger partial charge in [-0.15, -0.1) is 0 Å². The van der Waals surface area contributed by atoms with E-state index in [-0.39, 0.29) is 16.7 Å². The van der Waals surface area contributed by atoms with E-state index in [1.165, 1.54) is 17.4 Å². The van der Waals surface area contributed by atoms with Crippen molar-refractivity contribution < 1.29 is 13.2 Å². The molecule has 0 spiro atoms. The van der Waals surface area contributed by atoms with Gasteiger partial charge in [0.25, 0.3) is 5.91 Å². The average molecular weight is 444 g/mol. The van der Waals surface area contributed by atoms with Gasteiger partial charge in [-0.1, -0.05) is 25.2 Å². The van der Waals surface area contributed by atoms with Gasteiger partial charge in [-0.3, -0.25) is 14.8 Å². The third-order valence-electron chi connectivity index (χ3n) is 4.83. The van der Waals surface area contributed by atoms with Crippen molar-refractivity contribution >= 4 is 53.5 Å². The molecule has 0 saturated heterocycles. The van der Waals surface area contributed by atoms with Gasteiger partial charge in [0.1, 0.15) is 0 Å². The predicted molar refractivity (Wildman–Crippen MR) is 118 cm³/mol. The number of nitrogens with zero attached hydrogens (tertiary/aromatic N) is 4. The highest BCUT2D eigenvalue weighted by atomic mass is 32.2. The first-order chi connectivity index (χ1) is 14.0. The molecular formula is C20H21N5O3S2. The van der Waals surface area contributed by atoms with E-state index in [9.17, 15) is 13.2 Å². The van der Waals surface area contributed by atoms with Crippen LogP contribution in [0, 0.1) is 6.92 Å². The first-order valence-electron chi connectivity index (χ1n) is 9.31. The third-order valence-corrected chi connectivity index (χ3v) is 6.88. The summed E-state index contributed by atoms with van der Waals surface area (Å²) in [5.74, 6) is -0.157. The second kappa shape index (κ2) is 7.13. The number of benzene rings is 1. The Balaban J connectivity index is 1.76. The maximum atomic E-state index is 13.2. The largest absolute Gasteiger partial charge is 0.298 e. The van der Waals surface area contributed by atoms with E-state index in [4.69, 9.17) is 0 Å². The quantitative estimate of drug-likeness (QED) is 0.516. The molecule has 1 aromatic carbocycles. The number of pyridine rings is 1. The maximum absolute atomic E-state index is 13.2. The van der Waals surface area contributed by atoms with Crippen LogP contribution in [0.4, 0.5) is 5.13 Å². The summed E-state index contributed by atoms with van der Waals surface area (Å²) in [5.41, 5.74) is 3.31. The van der Waals surface area contributed by atoms with Gasteiger partial charge in [-0.25, -0.2) is 18.4 Å². The minimum Gasteiger partial charge on any atom is -0.298 e. The molecule has 156 valence electrons. The summed E-state index contributed by atoms with van der Waals surface area (Å²) >= 11 is 1.23. The lowest BCUT2D eigenvalue weighted by Gasteiger charge is -2.09. The van der Waals surface area contributed by atoms with Crippen molar-refractivity contribution in [3.8, 4) is 0 Å². The number of fused-ring (bicyclic) bond motifs is 2. The van der Waals surface area contributed by atoms with Gasteiger partial charge in [0.15, 0.2) is 20.6 Å². The van der Waals surface area contributed by atoms with Gasteiger partial charge in [0, 0.05) is 19.0 Å². The van der Waals surface area contributed by atoms with Crippen molar-refractivity contribution in [2.75, 3.05) is 11.6 Å². The Bertz CT molecular complexity index is 1420. The third kappa shape index (κ3) is 3.56. The zero-order chi connectivity index (χ0) is 21.8. The molecule has 0 fully saturated rings. The lowest BCUT2D eigenvalue weighted by atomic mass is 10.0. The normalized spacial score (nSPS) is 12.2. The minimum atomic E-state index is -3.32. The molecule has 0 aliphatic rings. The first-order valence-corrected chi connectivity index (χ1v) is 12.0. The summed E-state index contributed by atoms with van der Waals surface area (Å²) in [6.45, 7) is 5.89. The molecule has 1 amide bonds. The van der Waals surface area contributed by atoms with E-state index in [0.717, 1.165) is 17.6 Å². The molecule has 0 atom stereocenters. The number of sulfone groups is 1. The van der Waals surface area contributed by atoms with Gasteiger partial charge in [-0.2, -0.15) is 5.10 Å². The molecule has 0 unspecified atom stereocenters. The maximum Gasteiger partial charge on any atom is 0.258 e. The summed E-state index contributed by atoms with van der Waals surface area (Å²) in [7, 11) is -1.51. The zero-order valence-electron chi connectivity index (χ0n) is 17.2. The molecule has 4 aromatic rings. The number of anilines is 1. The Morgan fingerprint density at radius 1 is 1.20 bits per heavy atom. The average Bonchev–Trinajstić information content (AvgIpc) is 3.19. The van der Waals surface area contributed by atoms with E-state index in [0.29, 0.717) is 31.9 Å². The molecule has 1 N–H and O–H groups in total. The van der Waals surface area contributed by atoms with E-state index in [2.05, 4.69) is 20.4 Å². The highest BCUT2D eigenvalue weighted by Gasteiger charge is 2.21. The van der Waals surface area contributed by atoms with Crippen LogP contribution in [0.2, 0.25) is 0 Å². The van der Waals surface area contributed by atoms with Gasteiger partial charge in [-0.05, 0) is 37.1 Å². The van der Waals surface area contributed by atoms with E-state index < -0.39 is 9.84 Å². The fourth-order valence-corrected chi connectivity index (χ4v) is 4.91. The number of hydrogen-bond acceptors (Lipinski definition) is 7. The monoisotopic (exact) mass is 443 g/mol. The van der Waals surface area contributed by atoms with Crippen LogP contribution in [0.15, 0.2) is 29.2 Å². The molecule has 0 aliphatic carbocycles. The Morgan fingerprint density at radius 2 is 1.93 bits per heavy atom. The molecule has 3 aromatic heterocycles. The van der Waals surface area contributed by atoms with Crippen molar-refractivity contribution in [2.45, 2.75) is 31.6 Å². The molecule has 0 aliphatic heterocycles. The predicted octanol–water partition coefficient (Wildman–Crippen LogP) is 3.67. The zero-order valence-corrected chi connectivity index (χ0v) is 18.8. The number of aryl methyl sites for hydroxylation is 2. The van der Waals surface area contributed by atoms with Crippen LogP contribution in [0.25, 0.3) is 21.3 Å². The van der Waals surface area contributed by atoms with Crippen molar-refractivity contribution in [1.82, 2.24) is 19.7 Å². The first kappa shape index (κ1) is 20.4. The topological polar surface area (TPSA) is 107 Å². The molecule has 30 heavy (non-hydrogen) atoms. The number of rotatable bonds is 4. The lowest BCUT2D eigenvalue weighted by Crippen LogP contribution is -2.14. The number of amides is 1. The van der Waals surface area contributed by atoms with Crippen molar-refractivity contribution in [2.24, 2.45) is 7.05 Å². The number of nitrogens with one attached hydrogen (secondary N) is 1. The highest BCUT2D eigenvalue weighted by molar-refractivity contribution is 7.90. The fraction of sp³-hybridized carbons (Fsp3) is 0.300. The van der Waals surface area contributed by atoms with E-state index in [1.807, 2.05) is 20.8 Å². The highest BCUT2D eigenvalue weighted by Crippen LogP contribution is 2.30. The van der Waals surface area contributed by atoms with Gasteiger partial charge in [0.05, 0.1) is 31.8 Å². The molecule has 0 bridgehead atoms. The van der Waals surface area contributed by atoms with Crippen LogP contribution in [0.5, 0.6) is 0 Å². The van der Waals surface area contributed by atoms with E-state index >= 15 is 0 Å². The molecule has 8 nitrogen and oxygen atoms in total. The van der Waals surface area contributed by atoms with Gasteiger partial charge >= 0.3 is 0 Å². The van der Waals surface area contributed by atoms with Crippen molar-refractivity contribution in [1.29, 1.82) is 0 Å². The van der Waals surface area contributed by atoms with Crippen molar-refractivity contribution in [3.05, 3.63) is 41.2 Å². The smallest absolute Gasteiger partial charge is 0.258 e. The van der Waals surface area contributed by atoms with Crippen LogP contribution in [0.3, 0.4) is 0 Å². The molecule has 0 saturated carbocycles. The van der Waals surface area contributed by atoms with Gasteiger partial charge in [0.2, 0.25) is 0 Å².